The average Bonchev–Trinajstić information content (AvgIpc) is 3.49. The van der Waals surface area contributed by atoms with Crippen LogP contribution in [0.25, 0.3) is 0 Å². The second-order valence-electron chi connectivity index (χ2n) is 24.3. The minimum Gasteiger partial charge on any atom is -0.394 e. The molecule has 7 atom stereocenters. The quantitative estimate of drug-likeness (QED) is 0.0261. The van der Waals surface area contributed by atoms with Gasteiger partial charge in [0, 0.05) is 6.42 Å². The van der Waals surface area contributed by atoms with E-state index in [0.29, 0.717) is 6.42 Å². The van der Waals surface area contributed by atoms with Crippen molar-refractivity contribution < 1.29 is 39.8 Å². The molecule has 1 fully saturated rings. The Bertz CT molecular complexity index is 1460. The van der Waals surface area contributed by atoms with Crippen molar-refractivity contribution in [1.29, 1.82) is 0 Å². The Morgan fingerprint density at radius 3 is 1.11 bits per heavy atom. The van der Waals surface area contributed by atoms with Gasteiger partial charge in [-0.05, 0) is 77.0 Å². The van der Waals surface area contributed by atoms with Crippen molar-refractivity contribution >= 4 is 5.91 Å². The SMILES string of the molecule is CCCCCCC/C=C\C/C=C\CCCCCCCCCCCCCCCCCCCCCCCCCCCC(=O)NC(COC1OC(CO)C(O)C(O)C1O)C(O)/C=C/CC/C=C/CC/C=C/CCCCCCCCCCCCC. The zero-order chi connectivity index (χ0) is 58.6. The van der Waals surface area contributed by atoms with Crippen LogP contribution in [0.1, 0.15) is 335 Å². The normalized spacial score (nSPS) is 18.7. The summed E-state index contributed by atoms with van der Waals surface area (Å²) in [6.07, 6.45) is 77.7. The number of carbonyl (C=O) groups excluding carboxylic acids is 1. The van der Waals surface area contributed by atoms with E-state index in [9.17, 15) is 30.3 Å². The number of carbonyl (C=O) groups is 1. The van der Waals surface area contributed by atoms with Crippen molar-refractivity contribution in [3.05, 3.63) is 60.8 Å². The summed E-state index contributed by atoms with van der Waals surface area (Å²) in [4.78, 5) is 13.1. The first-order valence-corrected chi connectivity index (χ1v) is 35.0. The lowest BCUT2D eigenvalue weighted by Crippen LogP contribution is -2.60. The molecule has 0 saturated carbocycles. The second-order valence-corrected chi connectivity index (χ2v) is 24.3. The van der Waals surface area contributed by atoms with Crippen LogP contribution >= 0.6 is 0 Å². The predicted octanol–water partition coefficient (Wildman–Crippen LogP) is 19.0. The van der Waals surface area contributed by atoms with Gasteiger partial charge in [-0.15, -0.1) is 0 Å². The summed E-state index contributed by atoms with van der Waals surface area (Å²) in [5.41, 5.74) is 0. The minimum absolute atomic E-state index is 0.185. The van der Waals surface area contributed by atoms with Gasteiger partial charge in [0.2, 0.25) is 5.91 Å². The number of amides is 1. The van der Waals surface area contributed by atoms with Crippen LogP contribution < -0.4 is 5.32 Å². The van der Waals surface area contributed by atoms with E-state index in [1.54, 1.807) is 6.08 Å². The standard InChI is InChI=1S/C72H133NO8/c1-3-5-7-9-11-13-15-17-19-21-23-25-26-27-28-29-30-31-32-33-34-35-36-37-38-39-40-42-44-46-48-50-52-54-56-58-60-62-68(76)73-65(64-80-72-71(79)70(78)69(77)67(63-74)81-72)66(75)61-59-57-55-53-51-49-47-45-43-41-24-22-20-18-16-14-12-10-8-6-4-2/h15,17,21,23,43,45,51,53,59,61,65-67,69-72,74-75,77-79H,3-14,16,18-20,22,24-42,44,46-50,52,54-58,60,62-64H2,1-2H3,(H,73,76)/b17-15-,23-21-,45-43+,53-51+,61-59+. The minimum atomic E-state index is -1.58. The van der Waals surface area contributed by atoms with Gasteiger partial charge < -0.3 is 40.3 Å². The first-order valence-electron chi connectivity index (χ1n) is 35.0. The van der Waals surface area contributed by atoms with Crippen molar-refractivity contribution in [3.63, 3.8) is 0 Å². The van der Waals surface area contributed by atoms with Crippen LogP contribution in [0.5, 0.6) is 0 Å². The highest BCUT2D eigenvalue weighted by molar-refractivity contribution is 5.76. The third-order valence-electron chi connectivity index (χ3n) is 16.5. The molecule has 1 aliphatic heterocycles. The molecule has 1 saturated heterocycles. The monoisotopic (exact) mass is 1140 g/mol. The van der Waals surface area contributed by atoms with E-state index in [-0.39, 0.29) is 12.5 Å². The molecule has 474 valence electrons. The van der Waals surface area contributed by atoms with Crippen LogP contribution in [0, 0.1) is 0 Å². The molecule has 1 aliphatic rings. The number of allylic oxidation sites excluding steroid dienone is 9. The maximum atomic E-state index is 13.1. The first kappa shape index (κ1) is 76.9. The molecule has 1 amide bonds. The molecule has 1 rings (SSSR count). The zero-order valence-electron chi connectivity index (χ0n) is 53.0. The number of aliphatic hydroxyl groups excluding tert-OH is 5. The highest BCUT2D eigenvalue weighted by atomic mass is 16.7. The average molecular weight is 1140 g/mol. The molecule has 0 radical (unpaired) electrons. The molecule has 0 aromatic heterocycles. The Kier molecular flexibility index (Phi) is 57.9. The fraction of sp³-hybridized carbons (Fsp3) is 0.847. The Labute approximate surface area is 500 Å². The van der Waals surface area contributed by atoms with Gasteiger partial charge in [0.15, 0.2) is 6.29 Å². The number of hydrogen-bond donors (Lipinski definition) is 6. The number of hydrogen-bond acceptors (Lipinski definition) is 8. The van der Waals surface area contributed by atoms with Crippen molar-refractivity contribution in [2.24, 2.45) is 0 Å². The Morgan fingerprint density at radius 2 is 0.741 bits per heavy atom. The van der Waals surface area contributed by atoms with E-state index < -0.39 is 49.5 Å². The number of aliphatic hydroxyl groups is 5. The maximum Gasteiger partial charge on any atom is 0.220 e. The van der Waals surface area contributed by atoms with Crippen LogP contribution in [0.15, 0.2) is 60.8 Å². The summed E-state index contributed by atoms with van der Waals surface area (Å²) in [7, 11) is 0. The van der Waals surface area contributed by atoms with E-state index in [1.165, 1.54) is 263 Å². The summed E-state index contributed by atoms with van der Waals surface area (Å²) < 4.78 is 11.3. The zero-order valence-corrected chi connectivity index (χ0v) is 53.0. The summed E-state index contributed by atoms with van der Waals surface area (Å²) >= 11 is 0. The number of unbranched alkanes of at least 4 members (excludes halogenated alkanes) is 43. The van der Waals surface area contributed by atoms with Gasteiger partial charge >= 0.3 is 0 Å². The molecular weight excluding hydrogens is 1010 g/mol. The van der Waals surface area contributed by atoms with E-state index in [4.69, 9.17) is 9.47 Å². The highest BCUT2D eigenvalue weighted by Crippen LogP contribution is 2.23. The van der Waals surface area contributed by atoms with Crippen molar-refractivity contribution in [2.75, 3.05) is 13.2 Å². The first-order chi connectivity index (χ1) is 39.8. The molecule has 7 unspecified atom stereocenters. The lowest BCUT2D eigenvalue weighted by Gasteiger charge is -2.40. The van der Waals surface area contributed by atoms with E-state index >= 15 is 0 Å². The summed E-state index contributed by atoms with van der Waals surface area (Å²) in [6.45, 7) is 3.78. The third-order valence-corrected chi connectivity index (χ3v) is 16.5. The van der Waals surface area contributed by atoms with Gasteiger partial charge in [-0.2, -0.15) is 0 Å². The molecule has 1 heterocycles. The smallest absolute Gasteiger partial charge is 0.220 e. The maximum absolute atomic E-state index is 13.1. The molecule has 9 nitrogen and oxygen atoms in total. The molecule has 0 aromatic rings. The molecule has 81 heavy (non-hydrogen) atoms. The van der Waals surface area contributed by atoms with Crippen molar-refractivity contribution in [2.45, 2.75) is 378 Å². The highest BCUT2D eigenvalue weighted by Gasteiger charge is 2.44. The van der Waals surface area contributed by atoms with E-state index in [2.05, 4.69) is 67.8 Å². The van der Waals surface area contributed by atoms with Gasteiger partial charge in [-0.3, -0.25) is 4.79 Å². The van der Waals surface area contributed by atoms with Gasteiger partial charge in [-0.25, -0.2) is 0 Å². The van der Waals surface area contributed by atoms with Crippen molar-refractivity contribution in [1.82, 2.24) is 5.32 Å². The van der Waals surface area contributed by atoms with Gasteiger partial charge in [0.25, 0.3) is 0 Å². The lowest BCUT2D eigenvalue weighted by atomic mass is 9.99. The second kappa shape index (κ2) is 61.0. The number of nitrogens with one attached hydrogen (secondary N) is 1. The van der Waals surface area contributed by atoms with Crippen LogP contribution in [0.4, 0.5) is 0 Å². The van der Waals surface area contributed by atoms with E-state index in [0.717, 1.165) is 51.4 Å². The summed E-state index contributed by atoms with van der Waals surface area (Å²) in [5, 5.41) is 54.7. The molecule has 0 bridgehead atoms. The van der Waals surface area contributed by atoms with Crippen LogP contribution in [-0.4, -0.2) is 87.5 Å². The molecule has 0 spiro atoms. The predicted molar refractivity (Wildman–Crippen MR) is 346 cm³/mol. The summed E-state index contributed by atoms with van der Waals surface area (Å²) in [5.74, 6) is -0.185. The molecule has 0 aliphatic carbocycles. The fourth-order valence-corrected chi connectivity index (χ4v) is 11.0. The Hall–Kier alpha value is -2.11. The lowest BCUT2D eigenvalue weighted by molar-refractivity contribution is -0.302. The molecule has 0 aromatic carbocycles. The molecular formula is C72H133NO8. The van der Waals surface area contributed by atoms with Crippen LogP contribution in [0.3, 0.4) is 0 Å². The number of ether oxygens (including phenoxy) is 2. The van der Waals surface area contributed by atoms with E-state index in [1.807, 2.05) is 6.08 Å². The largest absolute Gasteiger partial charge is 0.394 e. The fourth-order valence-electron chi connectivity index (χ4n) is 11.0. The molecule has 6 N–H and O–H groups in total. The Morgan fingerprint density at radius 1 is 0.420 bits per heavy atom. The molecule has 9 heteroatoms. The topological polar surface area (TPSA) is 149 Å². The van der Waals surface area contributed by atoms with Crippen LogP contribution in [0.2, 0.25) is 0 Å². The Balaban J connectivity index is 2.10. The summed E-state index contributed by atoms with van der Waals surface area (Å²) in [6, 6.07) is -0.829. The van der Waals surface area contributed by atoms with Crippen molar-refractivity contribution in [3.8, 4) is 0 Å². The van der Waals surface area contributed by atoms with Gasteiger partial charge in [-0.1, -0.05) is 312 Å². The van der Waals surface area contributed by atoms with Gasteiger partial charge in [0.05, 0.1) is 25.4 Å². The van der Waals surface area contributed by atoms with Gasteiger partial charge in [0.1, 0.15) is 24.4 Å². The van der Waals surface area contributed by atoms with Crippen LogP contribution in [-0.2, 0) is 14.3 Å². The number of rotatable bonds is 61. The third kappa shape index (κ3) is 49.8.